The van der Waals surface area contributed by atoms with Gasteiger partial charge in [-0.2, -0.15) is 0 Å². The highest BCUT2D eigenvalue weighted by Crippen LogP contribution is 2.23. The number of hydrogen-bond donors (Lipinski definition) is 2. The molecule has 2 N–H and O–H groups in total. The van der Waals surface area contributed by atoms with Crippen LogP contribution >= 0.6 is 15.9 Å². The highest BCUT2D eigenvalue weighted by atomic mass is 79.9. The van der Waals surface area contributed by atoms with Crippen molar-refractivity contribution in [3.05, 3.63) is 28.2 Å². The third kappa shape index (κ3) is 4.51. The number of benzene rings is 1. The summed E-state index contributed by atoms with van der Waals surface area (Å²) in [4.78, 5) is 12.0. The summed E-state index contributed by atoms with van der Waals surface area (Å²) in [5.41, 5.74) is 0.570. The second-order valence-corrected chi connectivity index (χ2v) is 5.60. The predicted octanol–water partition coefficient (Wildman–Crippen LogP) is 2.33. The molecule has 4 nitrogen and oxygen atoms in total. The van der Waals surface area contributed by atoms with Crippen molar-refractivity contribution in [1.82, 2.24) is 10.6 Å². The van der Waals surface area contributed by atoms with E-state index in [1.165, 1.54) is 12.8 Å². The molecule has 0 aliphatic heterocycles. The zero-order valence-electron chi connectivity index (χ0n) is 11.0. The molecule has 1 aliphatic rings. The van der Waals surface area contributed by atoms with Gasteiger partial charge in [-0.05, 0) is 44.0 Å². The molecule has 2 rings (SSSR count). The molecule has 1 saturated carbocycles. The lowest BCUT2D eigenvalue weighted by molar-refractivity contribution is 0.0950. The molecule has 0 heterocycles. The van der Waals surface area contributed by atoms with Crippen molar-refractivity contribution < 1.29 is 9.53 Å². The molecule has 104 valence electrons. The monoisotopic (exact) mass is 326 g/mol. The van der Waals surface area contributed by atoms with Crippen LogP contribution in [-0.4, -0.2) is 32.1 Å². The second-order valence-electron chi connectivity index (χ2n) is 4.68. The van der Waals surface area contributed by atoms with Crippen molar-refractivity contribution in [2.45, 2.75) is 25.3 Å². The zero-order valence-corrected chi connectivity index (χ0v) is 12.6. The molecule has 0 atom stereocenters. The van der Waals surface area contributed by atoms with Gasteiger partial charge in [0.25, 0.3) is 5.91 Å². The number of nitrogens with one attached hydrogen (secondary N) is 2. The van der Waals surface area contributed by atoms with Crippen LogP contribution in [0.25, 0.3) is 0 Å². The highest BCUT2D eigenvalue weighted by molar-refractivity contribution is 9.10. The van der Waals surface area contributed by atoms with Gasteiger partial charge in [0.1, 0.15) is 5.75 Å². The first-order chi connectivity index (χ1) is 9.20. The molecular formula is C14H19BrN2O2. The summed E-state index contributed by atoms with van der Waals surface area (Å²) in [6, 6.07) is 6.12. The van der Waals surface area contributed by atoms with Gasteiger partial charge < -0.3 is 15.4 Å². The number of carbonyl (C=O) groups is 1. The maximum atomic E-state index is 12.0. The summed E-state index contributed by atoms with van der Waals surface area (Å²) >= 11 is 3.36. The van der Waals surface area contributed by atoms with E-state index in [9.17, 15) is 4.79 Å². The van der Waals surface area contributed by atoms with Gasteiger partial charge in [-0.3, -0.25) is 4.79 Å². The quantitative estimate of drug-likeness (QED) is 0.756. The Hall–Kier alpha value is -1.07. The number of rotatable bonds is 7. The van der Waals surface area contributed by atoms with Crippen LogP contribution in [0.1, 0.15) is 29.6 Å². The molecule has 0 saturated heterocycles. The molecule has 0 aromatic heterocycles. The van der Waals surface area contributed by atoms with Gasteiger partial charge >= 0.3 is 0 Å². The van der Waals surface area contributed by atoms with Gasteiger partial charge in [0, 0.05) is 17.1 Å². The number of methoxy groups -OCH3 is 1. The summed E-state index contributed by atoms with van der Waals surface area (Å²) in [6.45, 7) is 1.64. The van der Waals surface area contributed by atoms with E-state index >= 15 is 0 Å². The lowest BCUT2D eigenvalue weighted by Gasteiger charge is -2.10. The van der Waals surface area contributed by atoms with Crippen LogP contribution in [0.15, 0.2) is 22.7 Å². The average Bonchev–Trinajstić information content (AvgIpc) is 3.22. The molecule has 19 heavy (non-hydrogen) atoms. The minimum Gasteiger partial charge on any atom is -0.496 e. The number of hydrogen-bond acceptors (Lipinski definition) is 3. The van der Waals surface area contributed by atoms with Crippen LogP contribution in [0.4, 0.5) is 0 Å². The van der Waals surface area contributed by atoms with Crippen LogP contribution in [0, 0.1) is 0 Å². The third-order valence-corrected chi connectivity index (χ3v) is 3.55. The number of carbonyl (C=O) groups excluding carboxylic acids is 1. The minimum atomic E-state index is -0.0872. The van der Waals surface area contributed by atoms with Crippen LogP contribution in [0.3, 0.4) is 0 Å². The SMILES string of the molecule is COc1cc(Br)ccc1C(=O)NCCCNC1CC1. The van der Waals surface area contributed by atoms with E-state index in [1.807, 2.05) is 6.07 Å². The summed E-state index contributed by atoms with van der Waals surface area (Å²) in [7, 11) is 1.57. The molecule has 1 fully saturated rings. The van der Waals surface area contributed by atoms with Crippen molar-refractivity contribution in [3.63, 3.8) is 0 Å². The largest absolute Gasteiger partial charge is 0.496 e. The molecule has 1 aliphatic carbocycles. The van der Waals surface area contributed by atoms with Crippen molar-refractivity contribution in [2.24, 2.45) is 0 Å². The first-order valence-electron chi connectivity index (χ1n) is 6.56. The Morgan fingerprint density at radius 1 is 1.42 bits per heavy atom. The number of amides is 1. The molecule has 0 radical (unpaired) electrons. The molecule has 0 spiro atoms. The van der Waals surface area contributed by atoms with Crippen molar-refractivity contribution in [3.8, 4) is 5.75 Å². The van der Waals surface area contributed by atoms with Gasteiger partial charge in [-0.15, -0.1) is 0 Å². The first-order valence-corrected chi connectivity index (χ1v) is 7.35. The highest BCUT2D eigenvalue weighted by Gasteiger charge is 2.19. The topological polar surface area (TPSA) is 50.4 Å². The normalized spacial score (nSPS) is 14.2. The lowest BCUT2D eigenvalue weighted by atomic mass is 10.2. The standard InChI is InChI=1S/C14H19BrN2O2/c1-19-13-9-10(15)3-6-12(13)14(18)17-8-2-7-16-11-4-5-11/h3,6,9,11,16H,2,4-5,7-8H2,1H3,(H,17,18). The minimum absolute atomic E-state index is 0.0872. The Morgan fingerprint density at radius 3 is 2.89 bits per heavy atom. The molecule has 1 amide bonds. The van der Waals surface area contributed by atoms with Gasteiger partial charge in [-0.25, -0.2) is 0 Å². The first kappa shape index (κ1) is 14.3. The number of ether oxygens (including phenoxy) is 1. The number of halogens is 1. The van der Waals surface area contributed by atoms with Gasteiger partial charge in [0.2, 0.25) is 0 Å². The Labute approximate surface area is 122 Å². The van der Waals surface area contributed by atoms with Crippen LogP contribution in [0.2, 0.25) is 0 Å². The molecule has 5 heteroatoms. The Kier molecular flexibility index (Phi) is 5.22. The van der Waals surface area contributed by atoms with Crippen molar-refractivity contribution in [1.29, 1.82) is 0 Å². The van der Waals surface area contributed by atoms with Gasteiger partial charge in [0.15, 0.2) is 0 Å². The van der Waals surface area contributed by atoms with E-state index in [1.54, 1.807) is 19.2 Å². The van der Waals surface area contributed by atoms with Crippen molar-refractivity contribution >= 4 is 21.8 Å². The Balaban J connectivity index is 1.78. The summed E-state index contributed by atoms with van der Waals surface area (Å²) < 4.78 is 6.11. The van der Waals surface area contributed by atoms with Crippen LogP contribution in [0.5, 0.6) is 5.75 Å². The average molecular weight is 327 g/mol. The summed E-state index contributed by atoms with van der Waals surface area (Å²) in [6.07, 6.45) is 3.53. The third-order valence-electron chi connectivity index (χ3n) is 3.06. The molecule has 0 unspecified atom stereocenters. The fourth-order valence-corrected chi connectivity index (χ4v) is 2.17. The van der Waals surface area contributed by atoms with E-state index in [0.717, 1.165) is 23.5 Å². The lowest BCUT2D eigenvalue weighted by Crippen LogP contribution is -2.28. The fraction of sp³-hybridized carbons (Fsp3) is 0.500. The summed E-state index contributed by atoms with van der Waals surface area (Å²) in [5, 5.41) is 6.33. The van der Waals surface area contributed by atoms with Gasteiger partial charge in [-0.1, -0.05) is 15.9 Å². The maximum absolute atomic E-state index is 12.0. The second kappa shape index (κ2) is 6.91. The maximum Gasteiger partial charge on any atom is 0.255 e. The van der Waals surface area contributed by atoms with Crippen LogP contribution < -0.4 is 15.4 Å². The Bertz CT molecular complexity index is 447. The van der Waals surface area contributed by atoms with Crippen molar-refractivity contribution in [2.75, 3.05) is 20.2 Å². The van der Waals surface area contributed by atoms with Crippen LogP contribution in [-0.2, 0) is 0 Å². The Morgan fingerprint density at radius 2 is 2.21 bits per heavy atom. The summed E-state index contributed by atoms with van der Waals surface area (Å²) in [5.74, 6) is 0.499. The molecule has 1 aromatic rings. The molecule has 1 aromatic carbocycles. The van der Waals surface area contributed by atoms with Gasteiger partial charge in [0.05, 0.1) is 12.7 Å². The van der Waals surface area contributed by atoms with E-state index in [-0.39, 0.29) is 5.91 Å². The van der Waals surface area contributed by atoms with E-state index in [0.29, 0.717) is 17.9 Å². The van der Waals surface area contributed by atoms with E-state index in [2.05, 4.69) is 26.6 Å². The molecular weight excluding hydrogens is 308 g/mol. The zero-order chi connectivity index (χ0) is 13.7. The fourth-order valence-electron chi connectivity index (χ4n) is 1.83. The smallest absolute Gasteiger partial charge is 0.255 e. The van der Waals surface area contributed by atoms with E-state index in [4.69, 9.17) is 4.74 Å². The predicted molar refractivity (Wildman–Crippen MR) is 78.7 cm³/mol. The van der Waals surface area contributed by atoms with E-state index < -0.39 is 0 Å². The molecule has 0 bridgehead atoms.